The van der Waals surface area contributed by atoms with E-state index in [1.54, 1.807) is 34.6 Å². The number of benzene rings is 1. The van der Waals surface area contributed by atoms with Gasteiger partial charge in [-0.25, -0.2) is 9.59 Å². The van der Waals surface area contributed by atoms with Gasteiger partial charge in [0.15, 0.2) is 0 Å². The second-order valence-electron chi connectivity index (χ2n) is 7.38. The van der Waals surface area contributed by atoms with Crippen molar-refractivity contribution in [2.75, 3.05) is 5.32 Å². The molecule has 166 valence electrons. The Hall–Kier alpha value is -3.27. The molecule has 0 atom stereocenters. The Bertz CT molecular complexity index is 1040. The lowest BCUT2D eigenvalue weighted by molar-refractivity contribution is -0.385. The number of thiophene rings is 1. The zero-order valence-electron chi connectivity index (χ0n) is 18.1. The van der Waals surface area contributed by atoms with Crippen LogP contribution in [0.2, 0.25) is 0 Å². The number of carbonyl (C=O) groups is 3. The first-order chi connectivity index (χ1) is 14.4. The monoisotopic (exact) mass is 448 g/mol. The van der Waals surface area contributed by atoms with Gasteiger partial charge in [0.2, 0.25) is 0 Å². The summed E-state index contributed by atoms with van der Waals surface area (Å²) in [5, 5.41) is 13.8. The predicted octanol–water partition coefficient (Wildman–Crippen LogP) is 4.66. The molecular weight excluding hydrogens is 424 g/mol. The zero-order valence-corrected chi connectivity index (χ0v) is 18.9. The predicted molar refractivity (Wildman–Crippen MR) is 116 cm³/mol. The van der Waals surface area contributed by atoms with Crippen LogP contribution >= 0.6 is 11.3 Å². The average molecular weight is 448 g/mol. The van der Waals surface area contributed by atoms with Crippen LogP contribution in [0.3, 0.4) is 0 Å². The number of nitro groups is 1. The molecule has 1 heterocycles. The molecule has 0 aliphatic heterocycles. The summed E-state index contributed by atoms with van der Waals surface area (Å²) in [5.41, 5.74) is 0.797. The van der Waals surface area contributed by atoms with E-state index in [9.17, 15) is 24.5 Å². The van der Waals surface area contributed by atoms with Gasteiger partial charge in [-0.05, 0) is 59.2 Å². The van der Waals surface area contributed by atoms with Gasteiger partial charge in [0.05, 0.1) is 22.7 Å². The number of nitro benzene ring substituents is 1. The molecule has 0 unspecified atom stereocenters. The summed E-state index contributed by atoms with van der Waals surface area (Å²) in [7, 11) is 0. The van der Waals surface area contributed by atoms with E-state index in [0.717, 1.165) is 11.3 Å². The minimum atomic E-state index is -0.678. The first-order valence-corrected chi connectivity index (χ1v) is 10.4. The van der Waals surface area contributed by atoms with E-state index in [0.29, 0.717) is 11.1 Å². The largest absolute Gasteiger partial charge is 0.459 e. The third kappa shape index (κ3) is 5.66. The summed E-state index contributed by atoms with van der Waals surface area (Å²) >= 11 is 0.911. The molecule has 2 aromatic rings. The van der Waals surface area contributed by atoms with Crippen LogP contribution in [-0.4, -0.2) is 35.0 Å². The fraction of sp³-hybridized carbons (Fsp3) is 0.381. The number of rotatable bonds is 7. The van der Waals surface area contributed by atoms with Crippen LogP contribution in [0.15, 0.2) is 18.2 Å². The molecule has 1 N–H and O–H groups in total. The van der Waals surface area contributed by atoms with E-state index < -0.39 is 28.9 Å². The molecule has 0 aliphatic rings. The summed E-state index contributed by atoms with van der Waals surface area (Å²) < 4.78 is 10.5. The maximum atomic E-state index is 12.8. The van der Waals surface area contributed by atoms with Crippen molar-refractivity contribution in [3.8, 4) is 0 Å². The van der Waals surface area contributed by atoms with Gasteiger partial charge in [-0.15, -0.1) is 11.3 Å². The molecule has 0 radical (unpaired) electrons. The smallest absolute Gasteiger partial charge is 0.348 e. The quantitative estimate of drug-likeness (QED) is 0.371. The fourth-order valence-corrected chi connectivity index (χ4v) is 3.83. The average Bonchev–Trinajstić information content (AvgIpc) is 2.96. The molecule has 0 spiro atoms. The molecule has 0 saturated carbocycles. The van der Waals surface area contributed by atoms with Gasteiger partial charge in [-0.1, -0.05) is 0 Å². The number of anilines is 1. The zero-order chi connectivity index (χ0) is 23.5. The molecule has 0 saturated heterocycles. The van der Waals surface area contributed by atoms with Crippen LogP contribution in [0.25, 0.3) is 0 Å². The van der Waals surface area contributed by atoms with Gasteiger partial charge in [0.25, 0.3) is 11.6 Å². The SMILES string of the molecule is Cc1cc(C(=O)Nc2sc(C(=O)OC(C)C)c(C)c2C(=O)OC(C)C)ccc1[N+](=O)[O-]. The number of ether oxygens (including phenoxy) is 2. The van der Waals surface area contributed by atoms with Crippen molar-refractivity contribution in [2.24, 2.45) is 0 Å². The van der Waals surface area contributed by atoms with Gasteiger partial charge in [-0.3, -0.25) is 14.9 Å². The lowest BCUT2D eigenvalue weighted by Gasteiger charge is -2.11. The minimum absolute atomic E-state index is 0.0707. The van der Waals surface area contributed by atoms with Gasteiger partial charge in [-0.2, -0.15) is 0 Å². The molecular formula is C21H24N2O7S. The van der Waals surface area contributed by atoms with Gasteiger partial charge in [0, 0.05) is 17.2 Å². The number of hydrogen-bond acceptors (Lipinski definition) is 8. The van der Waals surface area contributed by atoms with E-state index in [4.69, 9.17) is 9.47 Å². The summed E-state index contributed by atoms with van der Waals surface area (Å²) in [6.07, 6.45) is -0.764. The van der Waals surface area contributed by atoms with Crippen molar-refractivity contribution in [1.82, 2.24) is 0 Å². The Morgan fingerprint density at radius 2 is 1.61 bits per heavy atom. The van der Waals surface area contributed by atoms with Crippen molar-refractivity contribution < 1.29 is 28.8 Å². The Balaban J connectivity index is 2.45. The van der Waals surface area contributed by atoms with Crippen LogP contribution in [0.4, 0.5) is 10.7 Å². The molecule has 0 bridgehead atoms. The Kier molecular flexibility index (Phi) is 7.50. The highest BCUT2D eigenvalue weighted by Gasteiger charge is 2.28. The summed E-state index contributed by atoms with van der Waals surface area (Å²) in [4.78, 5) is 48.5. The van der Waals surface area contributed by atoms with Crippen molar-refractivity contribution >= 4 is 39.9 Å². The molecule has 1 amide bonds. The van der Waals surface area contributed by atoms with Gasteiger partial charge >= 0.3 is 11.9 Å². The van der Waals surface area contributed by atoms with E-state index in [-0.39, 0.29) is 32.8 Å². The molecule has 10 heteroatoms. The minimum Gasteiger partial charge on any atom is -0.459 e. The molecule has 0 aliphatic carbocycles. The van der Waals surface area contributed by atoms with Gasteiger partial charge < -0.3 is 14.8 Å². The topological polar surface area (TPSA) is 125 Å². The molecule has 1 aromatic heterocycles. The maximum Gasteiger partial charge on any atom is 0.348 e. The number of aryl methyl sites for hydroxylation is 1. The number of nitrogens with one attached hydrogen (secondary N) is 1. The van der Waals surface area contributed by atoms with Crippen LogP contribution in [0, 0.1) is 24.0 Å². The number of hydrogen-bond donors (Lipinski definition) is 1. The maximum absolute atomic E-state index is 12.8. The van der Waals surface area contributed by atoms with Crippen LogP contribution in [0.5, 0.6) is 0 Å². The normalized spacial score (nSPS) is 10.8. The van der Waals surface area contributed by atoms with Crippen molar-refractivity contribution in [1.29, 1.82) is 0 Å². The number of carbonyl (C=O) groups excluding carboxylic acids is 3. The lowest BCUT2D eigenvalue weighted by Crippen LogP contribution is -2.17. The second kappa shape index (κ2) is 9.69. The van der Waals surface area contributed by atoms with Crippen molar-refractivity contribution in [3.63, 3.8) is 0 Å². The van der Waals surface area contributed by atoms with Crippen LogP contribution in [0.1, 0.15) is 69.2 Å². The van der Waals surface area contributed by atoms with E-state index in [1.165, 1.54) is 25.1 Å². The Morgan fingerprint density at radius 1 is 1.03 bits per heavy atom. The highest BCUT2D eigenvalue weighted by atomic mass is 32.1. The summed E-state index contributed by atoms with van der Waals surface area (Å²) in [5.74, 6) is -1.87. The van der Waals surface area contributed by atoms with Gasteiger partial charge in [0.1, 0.15) is 9.88 Å². The van der Waals surface area contributed by atoms with Crippen molar-refractivity contribution in [2.45, 2.75) is 53.8 Å². The van der Waals surface area contributed by atoms with Crippen molar-refractivity contribution in [3.05, 3.63) is 55.4 Å². The van der Waals surface area contributed by atoms with Crippen LogP contribution in [-0.2, 0) is 9.47 Å². The Labute approximate surface area is 183 Å². The molecule has 1 aromatic carbocycles. The first-order valence-electron chi connectivity index (χ1n) is 9.54. The highest BCUT2D eigenvalue weighted by molar-refractivity contribution is 7.18. The standard InChI is InChI=1S/C21H24N2O7S/c1-10(2)29-20(25)16-13(6)17(21(26)30-11(3)4)31-19(16)22-18(24)14-7-8-15(23(27)28)12(5)9-14/h7-11H,1-6H3,(H,22,24). The Morgan fingerprint density at radius 3 is 2.13 bits per heavy atom. The second-order valence-corrected chi connectivity index (χ2v) is 8.40. The number of esters is 2. The molecule has 31 heavy (non-hydrogen) atoms. The van der Waals surface area contributed by atoms with Crippen LogP contribution < -0.4 is 5.32 Å². The fourth-order valence-electron chi connectivity index (χ4n) is 2.76. The summed E-state index contributed by atoms with van der Waals surface area (Å²) in [6, 6.07) is 3.94. The summed E-state index contributed by atoms with van der Waals surface area (Å²) in [6.45, 7) is 9.88. The molecule has 9 nitrogen and oxygen atoms in total. The third-order valence-corrected chi connectivity index (χ3v) is 5.29. The van der Waals surface area contributed by atoms with E-state index >= 15 is 0 Å². The highest BCUT2D eigenvalue weighted by Crippen LogP contribution is 2.35. The lowest BCUT2D eigenvalue weighted by atomic mass is 10.1. The number of nitrogens with zero attached hydrogens (tertiary/aromatic N) is 1. The van der Waals surface area contributed by atoms with E-state index in [1.807, 2.05) is 0 Å². The third-order valence-electron chi connectivity index (χ3n) is 4.10. The first kappa shape index (κ1) is 24.0. The van der Waals surface area contributed by atoms with E-state index in [2.05, 4.69) is 5.32 Å². The molecule has 2 rings (SSSR count). The number of amides is 1. The molecule has 0 fully saturated rings.